The number of aliphatic hydroxyl groups is 1. The molecule has 2 N–H and O–H groups in total. The first kappa shape index (κ1) is 14.8. The van der Waals surface area contributed by atoms with E-state index in [4.69, 9.17) is 0 Å². The molecule has 0 spiro atoms. The molecule has 1 aliphatic heterocycles. The first-order chi connectivity index (χ1) is 9.20. The molecular weight excluding hydrogens is 240 g/mol. The van der Waals surface area contributed by atoms with Crippen LogP contribution in [0, 0.1) is 11.8 Å². The van der Waals surface area contributed by atoms with Gasteiger partial charge in [0, 0.05) is 25.1 Å². The summed E-state index contributed by atoms with van der Waals surface area (Å²) in [6.07, 6.45) is 7.78. The van der Waals surface area contributed by atoms with E-state index in [9.17, 15) is 9.90 Å². The maximum atomic E-state index is 12.4. The Morgan fingerprint density at radius 1 is 1.21 bits per heavy atom. The molecule has 0 aromatic heterocycles. The Labute approximate surface area is 116 Å². The molecule has 1 saturated heterocycles. The van der Waals surface area contributed by atoms with Crippen molar-refractivity contribution in [3.63, 3.8) is 0 Å². The zero-order chi connectivity index (χ0) is 13.7. The number of piperidine rings is 1. The van der Waals surface area contributed by atoms with Crippen molar-refractivity contribution in [2.45, 2.75) is 51.0 Å². The molecule has 3 atom stereocenters. The quantitative estimate of drug-likeness (QED) is 0.761. The number of amides is 1. The van der Waals surface area contributed by atoms with Crippen LogP contribution in [0.2, 0.25) is 0 Å². The highest BCUT2D eigenvalue weighted by molar-refractivity contribution is 5.79. The third kappa shape index (κ3) is 4.18. The fraction of sp³-hybridized carbons (Fsp3) is 0.933. The van der Waals surface area contributed by atoms with Crippen LogP contribution in [0.1, 0.15) is 44.9 Å². The van der Waals surface area contributed by atoms with Gasteiger partial charge in [0.1, 0.15) is 0 Å². The highest BCUT2D eigenvalue weighted by Gasteiger charge is 2.29. The Bertz CT molecular complexity index is 296. The summed E-state index contributed by atoms with van der Waals surface area (Å²) in [5.41, 5.74) is 0. The molecule has 1 saturated carbocycles. The van der Waals surface area contributed by atoms with Crippen LogP contribution in [0.3, 0.4) is 0 Å². The second-order valence-corrected chi connectivity index (χ2v) is 6.30. The molecule has 3 unspecified atom stereocenters. The van der Waals surface area contributed by atoms with E-state index in [0.29, 0.717) is 0 Å². The predicted molar refractivity (Wildman–Crippen MR) is 75.8 cm³/mol. The fourth-order valence-electron chi connectivity index (χ4n) is 3.47. The van der Waals surface area contributed by atoms with Crippen LogP contribution in [0.5, 0.6) is 0 Å². The lowest BCUT2D eigenvalue weighted by Crippen LogP contribution is -2.47. The van der Waals surface area contributed by atoms with Gasteiger partial charge in [0.15, 0.2) is 0 Å². The van der Waals surface area contributed by atoms with E-state index in [2.05, 4.69) is 17.3 Å². The monoisotopic (exact) mass is 268 g/mol. The van der Waals surface area contributed by atoms with E-state index in [1.807, 2.05) is 0 Å². The predicted octanol–water partition coefficient (Wildman–Crippen LogP) is 1.39. The molecule has 1 aliphatic carbocycles. The lowest BCUT2D eigenvalue weighted by atomic mass is 9.93. The number of likely N-dealkylation sites (tertiary alicyclic amines) is 1. The molecule has 4 nitrogen and oxygen atoms in total. The fourth-order valence-corrected chi connectivity index (χ4v) is 3.47. The maximum absolute atomic E-state index is 12.4. The number of hydrogen-bond donors (Lipinski definition) is 2. The molecule has 0 bridgehead atoms. The van der Waals surface area contributed by atoms with Crippen LogP contribution < -0.4 is 5.32 Å². The number of rotatable bonds is 3. The SMILES string of the molecule is CN1CCCC(C(=O)NC2CCCCCC2CO)C1. The van der Waals surface area contributed by atoms with Gasteiger partial charge in [-0.25, -0.2) is 0 Å². The van der Waals surface area contributed by atoms with Gasteiger partial charge >= 0.3 is 0 Å². The van der Waals surface area contributed by atoms with Crippen molar-refractivity contribution in [1.29, 1.82) is 0 Å². The lowest BCUT2D eigenvalue weighted by molar-refractivity contribution is -0.127. The molecule has 0 aromatic rings. The topological polar surface area (TPSA) is 52.6 Å². The van der Waals surface area contributed by atoms with Crippen molar-refractivity contribution >= 4 is 5.91 Å². The Morgan fingerprint density at radius 2 is 2.00 bits per heavy atom. The van der Waals surface area contributed by atoms with E-state index < -0.39 is 0 Å². The Hall–Kier alpha value is -0.610. The van der Waals surface area contributed by atoms with E-state index in [-0.39, 0.29) is 30.4 Å². The van der Waals surface area contributed by atoms with Crippen molar-refractivity contribution in [3.8, 4) is 0 Å². The minimum absolute atomic E-state index is 0.140. The van der Waals surface area contributed by atoms with Gasteiger partial charge in [-0.05, 0) is 39.3 Å². The van der Waals surface area contributed by atoms with Gasteiger partial charge < -0.3 is 15.3 Å². The summed E-state index contributed by atoms with van der Waals surface area (Å²) < 4.78 is 0. The van der Waals surface area contributed by atoms with Crippen LogP contribution in [0.4, 0.5) is 0 Å². The van der Waals surface area contributed by atoms with Crippen LogP contribution in [-0.2, 0) is 4.79 Å². The Balaban J connectivity index is 1.88. The molecule has 2 rings (SSSR count). The summed E-state index contributed by atoms with van der Waals surface area (Å²) in [4.78, 5) is 14.6. The first-order valence-corrected chi connectivity index (χ1v) is 7.80. The summed E-state index contributed by atoms with van der Waals surface area (Å²) in [6.45, 7) is 2.18. The third-order valence-electron chi connectivity index (χ3n) is 4.72. The highest BCUT2D eigenvalue weighted by atomic mass is 16.3. The summed E-state index contributed by atoms with van der Waals surface area (Å²) in [7, 11) is 2.08. The average Bonchev–Trinajstić information content (AvgIpc) is 2.63. The van der Waals surface area contributed by atoms with E-state index in [1.54, 1.807) is 0 Å². The number of hydrogen-bond acceptors (Lipinski definition) is 3. The Kier molecular flexibility index (Phi) is 5.64. The van der Waals surface area contributed by atoms with E-state index in [1.165, 1.54) is 19.3 Å². The van der Waals surface area contributed by atoms with Gasteiger partial charge in [-0.15, -0.1) is 0 Å². The minimum Gasteiger partial charge on any atom is -0.396 e. The molecule has 1 amide bonds. The van der Waals surface area contributed by atoms with Crippen molar-refractivity contribution in [3.05, 3.63) is 0 Å². The normalized spacial score (nSPS) is 33.7. The molecule has 1 heterocycles. The lowest BCUT2D eigenvalue weighted by Gasteiger charge is -2.31. The van der Waals surface area contributed by atoms with Gasteiger partial charge in [-0.1, -0.05) is 19.3 Å². The number of aliphatic hydroxyl groups excluding tert-OH is 1. The molecule has 19 heavy (non-hydrogen) atoms. The smallest absolute Gasteiger partial charge is 0.224 e. The Morgan fingerprint density at radius 3 is 2.74 bits per heavy atom. The highest BCUT2D eigenvalue weighted by Crippen LogP contribution is 2.24. The molecule has 4 heteroatoms. The second-order valence-electron chi connectivity index (χ2n) is 6.30. The average molecular weight is 268 g/mol. The standard InChI is InChI=1S/C15H28N2O2/c1-17-9-5-7-12(10-17)15(19)16-14-8-4-2-3-6-13(14)11-18/h12-14,18H,2-11H2,1H3,(H,16,19). The first-order valence-electron chi connectivity index (χ1n) is 7.80. The molecule has 110 valence electrons. The molecule has 2 fully saturated rings. The second kappa shape index (κ2) is 7.25. The van der Waals surface area contributed by atoms with Gasteiger partial charge in [0.2, 0.25) is 5.91 Å². The van der Waals surface area contributed by atoms with Crippen LogP contribution in [0.25, 0.3) is 0 Å². The molecular formula is C15H28N2O2. The summed E-state index contributed by atoms with van der Waals surface area (Å²) in [5, 5.41) is 12.7. The van der Waals surface area contributed by atoms with E-state index >= 15 is 0 Å². The number of carbonyl (C=O) groups excluding carboxylic acids is 1. The molecule has 0 aromatic carbocycles. The maximum Gasteiger partial charge on any atom is 0.224 e. The molecule has 2 aliphatic rings. The van der Waals surface area contributed by atoms with Crippen LogP contribution in [0.15, 0.2) is 0 Å². The van der Waals surface area contributed by atoms with Crippen molar-refractivity contribution in [2.24, 2.45) is 11.8 Å². The largest absolute Gasteiger partial charge is 0.396 e. The van der Waals surface area contributed by atoms with E-state index in [0.717, 1.165) is 38.8 Å². The zero-order valence-electron chi connectivity index (χ0n) is 12.1. The van der Waals surface area contributed by atoms with Crippen molar-refractivity contribution in [1.82, 2.24) is 10.2 Å². The summed E-state index contributed by atoms with van der Waals surface area (Å²) in [6, 6.07) is 0.187. The van der Waals surface area contributed by atoms with Crippen molar-refractivity contribution in [2.75, 3.05) is 26.7 Å². The van der Waals surface area contributed by atoms with Gasteiger partial charge in [-0.3, -0.25) is 4.79 Å². The van der Waals surface area contributed by atoms with Crippen LogP contribution >= 0.6 is 0 Å². The van der Waals surface area contributed by atoms with Gasteiger partial charge in [0.25, 0.3) is 0 Å². The van der Waals surface area contributed by atoms with Crippen molar-refractivity contribution < 1.29 is 9.90 Å². The zero-order valence-corrected chi connectivity index (χ0v) is 12.1. The van der Waals surface area contributed by atoms with Gasteiger partial charge in [-0.2, -0.15) is 0 Å². The van der Waals surface area contributed by atoms with Gasteiger partial charge in [0.05, 0.1) is 5.92 Å². The number of nitrogens with zero attached hydrogens (tertiary/aromatic N) is 1. The summed E-state index contributed by atoms with van der Waals surface area (Å²) >= 11 is 0. The number of nitrogens with one attached hydrogen (secondary N) is 1. The summed E-state index contributed by atoms with van der Waals surface area (Å²) in [5.74, 6) is 0.603. The third-order valence-corrected chi connectivity index (χ3v) is 4.72. The number of carbonyl (C=O) groups is 1. The molecule has 0 radical (unpaired) electrons. The minimum atomic E-state index is 0.140. The van der Waals surface area contributed by atoms with Crippen LogP contribution in [-0.4, -0.2) is 48.7 Å².